The molecular formula is C22H27N5O2. The molecule has 0 spiro atoms. The van der Waals surface area contributed by atoms with Gasteiger partial charge >= 0.3 is 0 Å². The van der Waals surface area contributed by atoms with Gasteiger partial charge in [0.15, 0.2) is 0 Å². The Bertz CT molecular complexity index is 966. The third kappa shape index (κ3) is 5.49. The average molecular weight is 393 g/mol. The number of aryl methyl sites for hydroxylation is 1. The lowest BCUT2D eigenvalue weighted by Crippen LogP contribution is -2.17. The van der Waals surface area contributed by atoms with E-state index in [0.29, 0.717) is 6.54 Å². The SMILES string of the molecule is CCN(C)Cc1cccc(CNCc2cn(C)nc2-c2ccc([N+](=O)[O-])cc2)c1. The first-order valence-corrected chi connectivity index (χ1v) is 9.70. The Morgan fingerprint density at radius 2 is 1.86 bits per heavy atom. The fraction of sp³-hybridized carbons (Fsp3) is 0.318. The van der Waals surface area contributed by atoms with Gasteiger partial charge in [0.05, 0.1) is 10.6 Å². The average Bonchev–Trinajstić information content (AvgIpc) is 3.08. The van der Waals surface area contributed by atoms with Crippen LogP contribution >= 0.6 is 0 Å². The van der Waals surface area contributed by atoms with E-state index in [2.05, 4.69) is 53.6 Å². The van der Waals surface area contributed by atoms with Crippen molar-refractivity contribution >= 4 is 5.69 Å². The van der Waals surface area contributed by atoms with Gasteiger partial charge in [-0.25, -0.2) is 0 Å². The summed E-state index contributed by atoms with van der Waals surface area (Å²) in [5, 5.41) is 18.9. The van der Waals surface area contributed by atoms with Crippen molar-refractivity contribution in [3.05, 3.63) is 81.5 Å². The quantitative estimate of drug-likeness (QED) is 0.443. The highest BCUT2D eigenvalue weighted by Gasteiger charge is 2.12. The number of hydrogen-bond acceptors (Lipinski definition) is 5. The highest BCUT2D eigenvalue weighted by molar-refractivity contribution is 5.64. The van der Waals surface area contributed by atoms with Gasteiger partial charge in [-0.3, -0.25) is 14.8 Å². The summed E-state index contributed by atoms with van der Waals surface area (Å²) in [5.74, 6) is 0. The fourth-order valence-corrected chi connectivity index (χ4v) is 3.25. The minimum atomic E-state index is -0.392. The van der Waals surface area contributed by atoms with Crippen LogP contribution in [0.15, 0.2) is 54.7 Å². The second-order valence-corrected chi connectivity index (χ2v) is 7.23. The summed E-state index contributed by atoms with van der Waals surface area (Å²) in [6.07, 6.45) is 1.98. The highest BCUT2D eigenvalue weighted by Crippen LogP contribution is 2.24. The lowest BCUT2D eigenvalue weighted by Gasteiger charge is -2.14. The number of nitrogens with one attached hydrogen (secondary N) is 1. The van der Waals surface area contributed by atoms with Gasteiger partial charge in [-0.05, 0) is 36.9 Å². The highest BCUT2D eigenvalue weighted by atomic mass is 16.6. The van der Waals surface area contributed by atoms with Gasteiger partial charge in [0.25, 0.3) is 5.69 Å². The van der Waals surface area contributed by atoms with Crippen molar-refractivity contribution in [1.82, 2.24) is 20.0 Å². The van der Waals surface area contributed by atoms with Crippen molar-refractivity contribution in [2.75, 3.05) is 13.6 Å². The zero-order valence-corrected chi connectivity index (χ0v) is 17.1. The molecule has 3 rings (SSSR count). The number of nitro benzene ring substituents is 1. The molecule has 2 aromatic carbocycles. The van der Waals surface area contributed by atoms with Crippen LogP contribution in [0.25, 0.3) is 11.3 Å². The molecule has 0 radical (unpaired) electrons. The van der Waals surface area contributed by atoms with Crippen LogP contribution in [0.5, 0.6) is 0 Å². The number of nitrogens with zero attached hydrogens (tertiary/aromatic N) is 4. The first-order chi connectivity index (χ1) is 14.0. The molecule has 152 valence electrons. The Labute approximate surface area is 171 Å². The Morgan fingerprint density at radius 1 is 1.14 bits per heavy atom. The van der Waals surface area contributed by atoms with E-state index in [1.165, 1.54) is 23.3 Å². The predicted octanol–water partition coefficient (Wildman–Crippen LogP) is 3.74. The second-order valence-electron chi connectivity index (χ2n) is 7.23. The minimum absolute atomic E-state index is 0.0814. The van der Waals surface area contributed by atoms with Gasteiger partial charge in [0, 0.05) is 56.1 Å². The Morgan fingerprint density at radius 3 is 2.55 bits per heavy atom. The number of rotatable bonds is 9. The normalized spacial score (nSPS) is 11.2. The lowest BCUT2D eigenvalue weighted by atomic mass is 10.1. The second kappa shape index (κ2) is 9.45. The fourth-order valence-electron chi connectivity index (χ4n) is 3.25. The molecular weight excluding hydrogens is 366 g/mol. The molecule has 0 amide bonds. The largest absolute Gasteiger partial charge is 0.308 e. The molecule has 1 aromatic heterocycles. The van der Waals surface area contributed by atoms with Crippen molar-refractivity contribution in [2.45, 2.75) is 26.6 Å². The van der Waals surface area contributed by atoms with Gasteiger partial charge < -0.3 is 10.2 Å². The zero-order valence-electron chi connectivity index (χ0n) is 17.1. The molecule has 0 aliphatic carbocycles. The van der Waals surface area contributed by atoms with E-state index in [1.807, 2.05) is 13.2 Å². The summed E-state index contributed by atoms with van der Waals surface area (Å²) in [5.41, 5.74) is 5.40. The van der Waals surface area contributed by atoms with E-state index >= 15 is 0 Å². The molecule has 0 fully saturated rings. The molecule has 0 unspecified atom stereocenters. The summed E-state index contributed by atoms with van der Waals surface area (Å²) < 4.78 is 1.77. The van der Waals surface area contributed by atoms with Crippen molar-refractivity contribution in [3.8, 4) is 11.3 Å². The number of aromatic nitrogens is 2. The smallest absolute Gasteiger partial charge is 0.269 e. The zero-order chi connectivity index (χ0) is 20.8. The predicted molar refractivity (Wildman–Crippen MR) is 114 cm³/mol. The van der Waals surface area contributed by atoms with E-state index in [4.69, 9.17) is 0 Å². The van der Waals surface area contributed by atoms with Crippen LogP contribution in [0, 0.1) is 10.1 Å². The van der Waals surface area contributed by atoms with Crippen molar-refractivity contribution in [2.24, 2.45) is 7.05 Å². The van der Waals surface area contributed by atoms with Gasteiger partial charge in [-0.1, -0.05) is 31.2 Å². The summed E-state index contributed by atoms with van der Waals surface area (Å²) in [6, 6.07) is 15.1. The Kier molecular flexibility index (Phi) is 6.74. The standard InChI is InChI=1S/C22H27N5O2/c1-4-25(2)15-18-7-5-6-17(12-18)13-23-14-20-16-26(3)24-22(20)19-8-10-21(11-9-19)27(28)29/h5-12,16,23H,4,13-15H2,1-3H3. The number of nitro groups is 1. The Hall–Kier alpha value is -3.03. The molecule has 7 nitrogen and oxygen atoms in total. The lowest BCUT2D eigenvalue weighted by molar-refractivity contribution is -0.384. The van der Waals surface area contributed by atoms with Crippen molar-refractivity contribution in [3.63, 3.8) is 0 Å². The maximum absolute atomic E-state index is 10.9. The van der Waals surface area contributed by atoms with Gasteiger partial charge in [0.1, 0.15) is 0 Å². The molecule has 1 N–H and O–H groups in total. The van der Waals surface area contributed by atoms with Crippen molar-refractivity contribution in [1.29, 1.82) is 0 Å². The summed E-state index contributed by atoms with van der Waals surface area (Å²) in [4.78, 5) is 12.8. The molecule has 29 heavy (non-hydrogen) atoms. The topological polar surface area (TPSA) is 76.2 Å². The summed E-state index contributed by atoms with van der Waals surface area (Å²) in [7, 11) is 4.00. The number of non-ortho nitro benzene ring substituents is 1. The maximum atomic E-state index is 10.9. The summed E-state index contributed by atoms with van der Waals surface area (Å²) in [6.45, 7) is 5.55. The van der Waals surface area contributed by atoms with Crippen LogP contribution in [-0.4, -0.2) is 33.2 Å². The molecule has 3 aromatic rings. The molecule has 0 saturated heterocycles. The van der Waals surface area contributed by atoms with Crippen LogP contribution in [0.3, 0.4) is 0 Å². The Balaban J connectivity index is 1.66. The van der Waals surface area contributed by atoms with E-state index in [9.17, 15) is 10.1 Å². The van der Waals surface area contributed by atoms with Crippen LogP contribution in [0.4, 0.5) is 5.69 Å². The maximum Gasteiger partial charge on any atom is 0.269 e. The van der Waals surface area contributed by atoms with E-state index in [-0.39, 0.29) is 5.69 Å². The molecule has 0 aliphatic heterocycles. The van der Waals surface area contributed by atoms with Crippen LogP contribution < -0.4 is 5.32 Å². The van der Waals surface area contributed by atoms with Crippen LogP contribution in [0.2, 0.25) is 0 Å². The molecule has 0 saturated carbocycles. The summed E-state index contributed by atoms with van der Waals surface area (Å²) >= 11 is 0. The first-order valence-electron chi connectivity index (χ1n) is 9.70. The van der Waals surface area contributed by atoms with Crippen molar-refractivity contribution < 1.29 is 4.92 Å². The van der Waals surface area contributed by atoms with Gasteiger partial charge in [0.2, 0.25) is 0 Å². The first kappa shape index (κ1) is 20.7. The third-order valence-electron chi connectivity index (χ3n) is 4.88. The van der Waals surface area contributed by atoms with Gasteiger partial charge in [-0.15, -0.1) is 0 Å². The van der Waals surface area contributed by atoms with E-state index in [1.54, 1.807) is 16.8 Å². The van der Waals surface area contributed by atoms with E-state index in [0.717, 1.165) is 36.5 Å². The molecule has 0 atom stereocenters. The number of hydrogen-bond donors (Lipinski definition) is 1. The molecule has 0 aliphatic rings. The van der Waals surface area contributed by atoms with Gasteiger partial charge in [-0.2, -0.15) is 5.10 Å². The third-order valence-corrected chi connectivity index (χ3v) is 4.88. The molecule has 1 heterocycles. The van der Waals surface area contributed by atoms with Crippen LogP contribution in [-0.2, 0) is 26.7 Å². The van der Waals surface area contributed by atoms with E-state index < -0.39 is 4.92 Å². The monoisotopic (exact) mass is 393 g/mol. The van der Waals surface area contributed by atoms with Crippen LogP contribution in [0.1, 0.15) is 23.6 Å². The minimum Gasteiger partial charge on any atom is -0.308 e. The molecule has 7 heteroatoms. The molecule has 0 bridgehead atoms. The number of benzene rings is 2.